The molecule has 0 aliphatic rings. The summed E-state index contributed by atoms with van der Waals surface area (Å²) in [6, 6.07) is 4.03. The first kappa shape index (κ1) is 26.2. The smallest absolute Gasteiger partial charge is 0.368 e. The lowest BCUT2D eigenvalue weighted by molar-refractivity contribution is -0.180. The van der Waals surface area contributed by atoms with Gasteiger partial charge in [-0.1, -0.05) is 0 Å². The number of hydrogen-bond acceptors (Lipinski definition) is 7. The molecule has 3 rings (SSSR count). The summed E-state index contributed by atoms with van der Waals surface area (Å²) in [5.74, 6) is -0.112. The van der Waals surface area contributed by atoms with Crippen LogP contribution in [0.2, 0.25) is 0 Å². The quantitative estimate of drug-likeness (QED) is 0.356. The molecule has 0 saturated carbocycles. The molecule has 0 aliphatic heterocycles. The molecule has 2 aromatic heterocycles. The van der Waals surface area contributed by atoms with E-state index in [0.717, 1.165) is 24.4 Å². The van der Waals surface area contributed by atoms with Gasteiger partial charge in [-0.15, -0.1) is 5.10 Å². The number of anilines is 3. The van der Waals surface area contributed by atoms with Crippen LogP contribution >= 0.6 is 0 Å². The zero-order chi connectivity index (χ0) is 26.4. The van der Waals surface area contributed by atoms with E-state index in [1.807, 2.05) is 0 Å². The van der Waals surface area contributed by atoms with Crippen LogP contribution in [0.15, 0.2) is 35.5 Å². The van der Waals surface area contributed by atoms with E-state index in [0.29, 0.717) is 13.8 Å². The number of H-pyrrole nitrogens is 1. The molecular weight excluding hydrogens is 504 g/mol. The van der Waals surface area contributed by atoms with Crippen LogP contribution in [0.1, 0.15) is 25.0 Å². The normalized spacial score (nSPS) is 13.2. The van der Waals surface area contributed by atoms with Crippen molar-refractivity contribution in [2.24, 2.45) is 0 Å². The van der Waals surface area contributed by atoms with Crippen LogP contribution in [-0.2, 0) is 16.2 Å². The highest BCUT2D eigenvalue weighted by atomic mass is 32.2. The zero-order valence-electron chi connectivity index (χ0n) is 18.3. The number of aryl methyl sites for hydroxylation is 1. The lowest BCUT2D eigenvalue weighted by atomic mass is 9.95. The third-order valence-corrected chi connectivity index (χ3v) is 6.37. The first-order chi connectivity index (χ1) is 15.9. The monoisotopic (exact) mass is 523 g/mol. The van der Waals surface area contributed by atoms with E-state index in [1.165, 1.54) is 17.7 Å². The van der Waals surface area contributed by atoms with E-state index in [1.54, 1.807) is 0 Å². The fourth-order valence-corrected chi connectivity index (χ4v) is 4.39. The van der Waals surface area contributed by atoms with Gasteiger partial charge in [-0.2, -0.15) is 36.0 Å². The van der Waals surface area contributed by atoms with E-state index in [-0.39, 0.29) is 34.3 Å². The Labute approximate surface area is 195 Å². The first-order valence-electron chi connectivity index (χ1n) is 9.64. The van der Waals surface area contributed by atoms with Crippen molar-refractivity contribution in [2.45, 2.75) is 43.7 Å². The van der Waals surface area contributed by atoms with Gasteiger partial charge in [0.05, 0.1) is 5.56 Å². The summed E-state index contributed by atoms with van der Waals surface area (Å²) in [7, 11) is -4.73. The minimum atomic E-state index is -4.90. The summed E-state index contributed by atoms with van der Waals surface area (Å²) >= 11 is 0. The van der Waals surface area contributed by atoms with Gasteiger partial charge in [-0.3, -0.25) is 0 Å². The number of halogens is 6. The van der Waals surface area contributed by atoms with Gasteiger partial charge in [0.1, 0.15) is 5.54 Å². The van der Waals surface area contributed by atoms with Crippen LogP contribution < -0.4 is 15.8 Å². The molecule has 3 aromatic rings. The van der Waals surface area contributed by atoms with Gasteiger partial charge in [0.15, 0.2) is 5.03 Å². The van der Waals surface area contributed by atoms with Crippen molar-refractivity contribution in [3.63, 3.8) is 0 Å². The number of sulfonamides is 1. The number of alkyl halides is 6. The maximum absolute atomic E-state index is 13.9. The summed E-state index contributed by atoms with van der Waals surface area (Å²) in [5, 5.41) is 7.83. The average Bonchev–Trinajstić information content (AvgIpc) is 3.10. The molecule has 2 heterocycles. The number of nitrogens with zero attached hydrogens (tertiary/aromatic N) is 3. The van der Waals surface area contributed by atoms with Gasteiger partial charge in [0.2, 0.25) is 11.9 Å². The molecule has 16 heteroatoms. The Hall–Kier alpha value is -3.40. The molecule has 5 N–H and O–H groups in total. The second kappa shape index (κ2) is 8.67. The Kier molecular flexibility index (Phi) is 6.49. The lowest BCUT2D eigenvalue weighted by Crippen LogP contribution is -2.54. The summed E-state index contributed by atoms with van der Waals surface area (Å²) in [6.45, 7) is 2.64. The van der Waals surface area contributed by atoms with Crippen molar-refractivity contribution in [1.29, 1.82) is 0 Å². The van der Waals surface area contributed by atoms with Crippen molar-refractivity contribution in [2.75, 3.05) is 11.1 Å². The molecule has 0 unspecified atom stereocenters. The summed E-state index contributed by atoms with van der Waals surface area (Å²) in [5.41, 5.74) is 1.27. The van der Waals surface area contributed by atoms with Gasteiger partial charge in [-0.05, 0) is 56.2 Å². The zero-order valence-corrected chi connectivity index (χ0v) is 19.1. The van der Waals surface area contributed by atoms with E-state index in [9.17, 15) is 34.8 Å². The van der Waals surface area contributed by atoms with Crippen LogP contribution in [0.4, 0.5) is 43.9 Å². The lowest BCUT2D eigenvalue weighted by Gasteiger charge is -2.28. The molecule has 9 nitrogen and oxygen atoms in total. The average molecular weight is 523 g/mol. The minimum Gasteiger partial charge on any atom is -0.368 e. The Morgan fingerprint density at radius 1 is 1.06 bits per heavy atom. The predicted molar refractivity (Wildman–Crippen MR) is 114 cm³/mol. The minimum absolute atomic E-state index is 0.00307. The molecule has 0 atom stereocenters. The van der Waals surface area contributed by atoms with Crippen molar-refractivity contribution in [3.05, 3.63) is 41.6 Å². The number of benzene rings is 1. The second-order valence-electron chi connectivity index (χ2n) is 8.00. The molecule has 0 amide bonds. The molecule has 0 aliphatic carbocycles. The van der Waals surface area contributed by atoms with Gasteiger partial charge >= 0.3 is 12.4 Å². The molecule has 0 bridgehead atoms. The highest BCUT2D eigenvalue weighted by Gasteiger charge is 2.50. The number of nitrogen functional groups attached to an aromatic ring is 1. The number of nitrogens with one attached hydrogen (secondary N) is 3. The number of rotatable bonds is 6. The summed E-state index contributed by atoms with van der Waals surface area (Å²) < 4.78 is 107. The van der Waals surface area contributed by atoms with Crippen molar-refractivity contribution in [3.8, 4) is 11.1 Å². The van der Waals surface area contributed by atoms with Crippen molar-refractivity contribution in [1.82, 2.24) is 24.9 Å². The largest absolute Gasteiger partial charge is 0.417 e. The Balaban J connectivity index is 2.00. The third kappa shape index (κ3) is 5.64. The molecule has 0 spiro atoms. The molecular formula is C19H19F6N7O2S. The van der Waals surface area contributed by atoms with Crippen LogP contribution in [0, 0.1) is 6.92 Å². The highest BCUT2D eigenvalue weighted by molar-refractivity contribution is 7.89. The van der Waals surface area contributed by atoms with E-state index < -0.39 is 38.5 Å². The number of aromatic amines is 1. The molecule has 1 aromatic carbocycles. The molecule has 190 valence electrons. The van der Waals surface area contributed by atoms with Gasteiger partial charge < -0.3 is 11.1 Å². The van der Waals surface area contributed by atoms with Gasteiger partial charge in [0, 0.05) is 17.4 Å². The van der Waals surface area contributed by atoms with Crippen molar-refractivity contribution < 1.29 is 34.8 Å². The van der Waals surface area contributed by atoms with Crippen LogP contribution in [0.3, 0.4) is 0 Å². The molecule has 0 radical (unpaired) electrons. The fraction of sp³-hybridized carbons (Fsp3) is 0.316. The van der Waals surface area contributed by atoms with Crippen LogP contribution in [-0.4, -0.2) is 40.3 Å². The third-order valence-electron chi connectivity index (χ3n) is 4.80. The standard InChI is InChI=1S/C19H19F6N7O2S/c1-9-6-11(28-16-29-15(26)30-31-16)7-12(18(20,21)22)14(9)10-4-5-13(27-8-10)35(33,34)32-17(2,3)19(23,24)25/h4-8,32H,1-3H3,(H4,26,28,29,30,31). The number of pyridine rings is 1. The fourth-order valence-electron chi connectivity index (χ4n) is 3.06. The number of hydrogen-bond donors (Lipinski definition) is 4. The first-order valence-corrected chi connectivity index (χ1v) is 11.1. The Morgan fingerprint density at radius 2 is 1.71 bits per heavy atom. The van der Waals surface area contributed by atoms with Crippen LogP contribution in [0.25, 0.3) is 11.1 Å². The number of aromatic nitrogens is 4. The molecule has 0 saturated heterocycles. The highest BCUT2D eigenvalue weighted by Crippen LogP contribution is 2.41. The molecule has 0 fully saturated rings. The SMILES string of the molecule is Cc1cc(Nc2n[nH]c(N)n2)cc(C(F)(F)F)c1-c1ccc(S(=O)(=O)NC(C)(C)C(F)(F)F)nc1. The van der Waals surface area contributed by atoms with E-state index in [4.69, 9.17) is 5.73 Å². The maximum Gasteiger partial charge on any atom is 0.417 e. The van der Waals surface area contributed by atoms with Gasteiger partial charge in [-0.25, -0.2) is 18.5 Å². The van der Waals surface area contributed by atoms with Gasteiger partial charge in [0.25, 0.3) is 10.0 Å². The Bertz CT molecular complexity index is 1330. The van der Waals surface area contributed by atoms with Crippen molar-refractivity contribution >= 4 is 27.6 Å². The molecule has 35 heavy (non-hydrogen) atoms. The summed E-state index contributed by atoms with van der Waals surface area (Å²) in [4.78, 5) is 7.37. The van der Waals surface area contributed by atoms with Crippen LogP contribution in [0.5, 0.6) is 0 Å². The summed E-state index contributed by atoms with van der Waals surface area (Å²) in [6.07, 6.45) is -8.87. The predicted octanol–water partition coefficient (Wildman–Crippen LogP) is 4.14. The van der Waals surface area contributed by atoms with E-state index in [2.05, 4.69) is 25.5 Å². The number of nitrogens with two attached hydrogens (primary N) is 1. The topological polar surface area (TPSA) is 139 Å². The van der Waals surface area contributed by atoms with E-state index >= 15 is 0 Å². The Morgan fingerprint density at radius 3 is 2.20 bits per heavy atom. The second-order valence-corrected chi connectivity index (χ2v) is 9.63. The maximum atomic E-state index is 13.9.